The first-order valence-electron chi connectivity index (χ1n) is 8.50. The number of rotatable bonds is 4. The Bertz CT molecular complexity index is 854. The van der Waals surface area contributed by atoms with Crippen molar-refractivity contribution in [1.82, 2.24) is 10.3 Å². The van der Waals surface area contributed by atoms with Gasteiger partial charge in [-0.15, -0.1) is 11.3 Å². The second kappa shape index (κ2) is 6.90. The van der Waals surface area contributed by atoms with Crippen molar-refractivity contribution in [2.75, 3.05) is 23.7 Å². The number of anilines is 1. The highest BCUT2D eigenvalue weighted by Gasteiger charge is 2.26. The van der Waals surface area contributed by atoms with E-state index in [1.54, 1.807) is 17.4 Å². The Morgan fingerprint density at radius 2 is 2.08 bits per heavy atom. The molecule has 2 aliphatic rings. The van der Waals surface area contributed by atoms with Gasteiger partial charge < -0.3 is 10.2 Å². The Labute approximate surface area is 152 Å². The number of piperidine rings is 1. The number of benzene rings is 1. The summed E-state index contributed by atoms with van der Waals surface area (Å²) in [5.74, 6) is 0.197. The van der Waals surface area contributed by atoms with Crippen LogP contribution in [0.5, 0.6) is 0 Å². The fourth-order valence-corrected chi connectivity index (χ4v) is 5.31. The summed E-state index contributed by atoms with van der Waals surface area (Å²) in [6.07, 6.45) is 3.82. The predicted molar refractivity (Wildman–Crippen MR) is 103 cm³/mol. The van der Waals surface area contributed by atoms with Crippen LogP contribution < -0.4 is 10.2 Å². The molecule has 0 bridgehead atoms. The number of nitrogens with zero attached hydrogens (tertiary/aromatic N) is 2. The van der Waals surface area contributed by atoms with Crippen LogP contribution in [0, 0.1) is 0 Å². The normalized spacial score (nSPS) is 23.2. The van der Waals surface area contributed by atoms with Crippen molar-refractivity contribution in [3.8, 4) is 11.3 Å². The molecule has 0 aliphatic carbocycles. The first-order valence-corrected chi connectivity index (χ1v) is 11.2. The number of hydrogen-bond donors (Lipinski definition) is 1. The van der Waals surface area contributed by atoms with Gasteiger partial charge in [0.2, 0.25) is 0 Å². The summed E-state index contributed by atoms with van der Waals surface area (Å²) >= 11 is 1.61. The van der Waals surface area contributed by atoms with E-state index in [9.17, 15) is 8.42 Å². The Hall–Kier alpha value is -1.70. The molecule has 3 heterocycles. The number of sulfone groups is 1. The average molecular weight is 376 g/mol. The summed E-state index contributed by atoms with van der Waals surface area (Å²) in [6, 6.07) is 8.88. The van der Waals surface area contributed by atoms with Crippen LogP contribution in [0.1, 0.15) is 12.8 Å². The zero-order valence-corrected chi connectivity index (χ0v) is 15.5. The van der Waals surface area contributed by atoms with Crippen LogP contribution in [0.15, 0.2) is 46.6 Å². The number of aromatic nitrogens is 1. The SMILES string of the molecule is O=S1(=O)C=C[C@H](NC2CCN(c3cccc(-c4cscn4)c3)CC2)C1. The van der Waals surface area contributed by atoms with E-state index in [1.807, 2.05) is 5.51 Å². The minimum Gasteiger partial charge on any atom is -0.371 e. The van der Waals surface area contributed by atoms with E-state index >= 15 is 0 Å². The van der Waals surface area contributed by atoms with E-state index in [0.29, 0.717) is 6.04 Å². The third-order valence-electron chi connectivity index (χ3n) is 4.81. The summed E-state index contributed by atoms with van der Waals surface area (Å²) in [6.45, 7) is 1.95. The second-order valence-electron chi connectivity index (χ2n) is 6.62. The van der Waals surface area contributed by atoms with Gasteiger partial charge in [-0.05, 0) is 25.0 Å². The van der Waals surface area contributed by atoms with Gasteiger partial charge in [0.15, 0.2) is 9.84 Å². The largest absolute Gasteiger partial charge is 0.371 e. The quantitative estimate of drug-likeness (QED) is 0.890. The molecule has 132 valence electrons. The Balaban J connectivity index is 1.36. The lowest BCUT2D eigenvalue weighted by Crippen LogP contribution is -2.46. The molecule has 1 atom stereocenters. The molecule has 1 aromatic carbocycles. The lowest BCUT2D eigenvalue weighted by Gasteiger charge is -2.35. The van der Waals surface area contributed by atoms with E-state index in [1.165, 1.54) is 11.1 Å². The van der Waals surface area contributed by atoms with E-state index in [0.717, 1.165) is 37.2 Å². The van der Waals surface area contributed by atoms with Gasteiger partial charge in [0.25, 0.3) is 0 Å². The van der Waals surface area contributed by atoms with Crippen LogP contribution in [0.25, 0.3) is 11.3 Å². The molecule has 0 amide bonds. The van der Waals surface area contributed by atoms with Gasteiger partial charge in [0.1, 0.15) is 0 Å². The van der Waals surface area contributed by atoms with Crippen molar-refractivity contribution < 1.29 is 8.42 Å². The van der Waals surface area contributed by atoms with Gasteiger partial charge in [-0.3, -0.25) is 0 Å². The van der Waals surface area contributed by atoms with Gasteiger partial charge in [0.05, 0.1) is 17.0 Å². The topological polar surface area (TPSA) is 62.3 Å². The predicted octanol–water partition coefficient (Wildman–Crippen LogP) is 2.68. The Morgan fingerprint density at radius 1 is 1.24 bits per heavy atom. The zero-order valence-electron chi connectivity index (χ0n) is 13.8. The highest BCUT2D eigenvalue weighted by Crippen LogP contribution is 2.26. The minimum absolute atomic E-state index is 0.0328. The van der Waals surface area contributed by atoms with E-state index in [2.05, 4.69) is 44.8 Å². The van der Waals surface area contributed by atoms with Crippen LogP contribution in [-0.4, -0.2) is 44.3 Å². The Kier molecular flexibility index (Phi) is 4.62. The molecule has 0 saturated carbocycles. The van der Waals surface area contributed by atoms with Crippen molar-refractivity contribution in [3.63, 3.8) is 0 Å². The van der Waals surface area contributed by atoms with Crippen molar-refractivity contribution >= 4 is 26.9 Å². The molecule has 0 unspecified atom stereocenters. The van der Waals surface area contributed by atoms with Gasteiger partial charge in [-0.25, -0.2) is 13.4 Å². The maximum atomic E-state index is 11.5. The number of thiazole rings is 1. The second-order valence-corrected chi connectivity index (χ2v) is 9.27. The standard InChI is InChI=1S/C18H21N3O2S2/c22-25(23)9-6-16(12-25)20-15-4-7-21(8-5-15)17-3-1-2-14(10-17)18-11-24-13-19-18/h1-3,6,9-11,13,15-16,20H,4-5,7-8,12H2/t16-/m0/s1. The van der Waals surface area contributed by atoms with Gasteiger partial charge in [-0.1, -0.05) is 18.2 Å². The average Bonchev–Trinajstić information content (AvgIpc) is 3.25. The van der Waals surface area contributed by atoms with Crippen molar-refractivity contribution in [2.24, 2.45) is 0 Å². The third-order valence-corrected chi connectivity index (χ3v) is 6.80. The molecule has 1 aromatic heterocycles. The molecule has 0 spiro atoms. The molecule has 1 saturated heterocycles. The summed E-state index contributed by atoms with van der Waals surface area (Å²) in [7, 11) is -2.98. The molecule has 1 fully saturated rings. The monoisotopic (exact) mass is 375 g/mol. The van der Waals surface area contributed by atoms with E-state index < -0.39 is 9.84 Å². The van der Waals surface area contributed by atoms with Crippen molar-refractivity contribution in [2.45, 2.75) is 24.9 Å². The van der Waals surface area contributed by atoms with Gasteiger partial charge in [-0.2, -0.15) is 0 Å². The van der Waals surface area contributed by atoms with E-state index in [-0.39, 0.29) is 11.8 Å². The van der Waals surface area contributed by atoms with Crippen LogP contribution >= 0.6 is 11.3 Å². The highest BCUT2D eigenvalue weighted by atomic mass is 32.2. The van der Waals surface area contributed by atoms with Crippen molar-refractivity contribution in [3.05, 3.63) is 46.6 Å². The molecule has 25 heavy (non-hydrogen) atoms. The van der Waals surface area contributed by atoms with E-state index in [4.69, 9.17) is 0 Å². The Morgan fingerprint density at radius 3 is 2.76 bits per heavy atom. The summed E-state index contributed by atoms with van der Waals surface area (Å²) < 4.78 is 23.0. The lowest BCUT2D eigenvalue weighted by atomic mass is 10.0. The highest BCUT2D eigenvalue weighted by molar-refractivity contribution is 7.94. The smallest absolute Gasteiger partial charge is 0.173 e. The van der Waals surface area contributed by atoms with Crippen molar-refractivity contribution in [1.29, 1.82) is 0 Å². The molecule has 5 nitrogen and oxygen atoms in total. The first kappa shape index (κ1) is 16.8. The minimum atomic E-state index is -2.98. The molecular weight excluding hydrogens is 354 g/mol. The fraction of sp³-hybridized carbons (Fsp3) is 0.389. The van der Waals surface area contributed by atoms with Gasteiger partial charge >= 0.3 is 0 Å². The number of nitrogens with one attached hydrogen (secondary N) is 1. The third kappa shape index (κ3) is 3.94. The summed E-state index contributed by atoms with van der Waals surface area (Å²) in [4.78, 5) is 6.79. The molecule has 1 N–H and O–H groups in total. The molecule has 2 aliphatic heterocycles. The molecule has 2 aromatic rings. The lowest BCUT2D eigenvalue weighted by molar-refractivity contribution is 0.401. The molecular formula is C18H21N3O2S2. The van der Waals surface area contributed by atoms with Crippen LogP contribution in [-0.2, 0) is 9.84 Å². The zero-order chi connectivity index (χ0) is 17.3. The first-order chi connectivity index (χ1) is 12.1. The number of hydrogen-bond acceptors (Lipinski definition) is 6. The maximum Gasteiger partial charge on any atom is 0.173 e. The fourth-order valence-electron chi connectivity index (χ4n) is 3.50. The molecule has 7 heteroatoms. The van der Waals surface area contributed by atoms with Gasteiger partial charge in [0, 0.05) is 47.2 Å². The van der Waals surface area contributed by atoms with Crippen LogP contribution in [0.3, 0.4) is 0 Å². The maximum absolute atomic E-state index is 11.5. The van der Waals surface area contributed by atoms with Crippen LogP contribution in [0.4, 0.5) is 5.69 Å². The van der Waals surface area contributed by atoms with Crippen LogP contribution in [0.2, 0.25) is 0 Å². The molecule has 0 radical (unpaired) electrons. The summed E-state index contributed by atoms with van der Waals surface area (Å²) in [5, 5.41) is 6.88. The molecule has 4 rings (SSSR count). The summed E-state index contributed by atoms with van der Waals surface area (Å²) in [5.41, 5.74) is 5.27.